The van der Waals surface area contributed by atoms with Gasteiger partial charge >= 0.3 is 5.97 Å². The molecule has 0 saturated heterocycles. The highest BCUT2D eigenvalue weighted by Crippen LogP contribution is 2.21. The molecule has 0 atom stereocenters. The van der Waals surface area contributed by atoms with Crippen LogP contribution in [0.1, 0.15) is 21.7 Å². The van der Waals surface area contributed by atoms with Crippen molar-refractivity contribution in [2.75, 3.05) is 0 Å². The van der Waals surface area contributed by atoms with Crippen LogP contribution in [-0.2, 0) is 0 Å². The van der Waals surface area contributed by atoms with Crippen LogP contribution in [-0.4, -0.2) is 36.0 Å². The number of benzene rings is 1. The van der Waals surface area contributed by atoms with E-state index in [1.54, 1.807) is 0 Å². The van der Waals surface area contributed by atoms with Crippen molar-refractivity contribution in [2.24, 2.45) is 0 Å². The van der Waals surface area contributed by atoms with Crippen LogP contribution in [0.3, 0.4) is 0 Å². The van der Waals surface area contributed by atoms with E-state index < -0.39 is 11.5 Å². The van der Waals surface area contributed by atoms with E-state index in [-0.39, 0.29) is 17.3 Å². The maximum Gasteiger partial charge on any atom is 0.354 e. The van der Waals surface area contributed by atoms with Crippen molar-refractivity contribution in [1.82, 2.24) is 25.0 Å². The molecule has 0 unspecified atom stereocenters. The molecule has 2 N–H and O–H groups in total. The highest BCUT2D eigenvalue weighted by molar-refractivity contribution is 5.87. The molecule has 23 heavy (non-hydrogen) atoms. The fourth-order valence-electron chi connectivity index (χ4n) is 2.04. The third kappa shape index (κ3) is 2.73. The monoisotopic (exact) mass is 311 g/mol. The molecule has 8 nitrogen and oxygen atoms in total. The van der Waals surface area contributed by atoms with Gasteiger partial charge in [-0.2, -0.15) is 9.78 Å². The smallest absolute Gasteiger partial charge is 0.354 e. The Morgan fingerprint density at radius 3 is 2.48 bits per heavy atom. The number of hydrogen-bond donors (Lipinski definition) is 2. The molecule has 0 aliphatic rings. The van der Waals surface area contributed by atoms with Crippen molar-refractivity contribution in [3.05, 3.63) is 57.6 Å². The predicted molar refractivity (Wildman–Crippen MR) is 81.6 cm³/mol. The molecule has 0 amide bonds. The van der Waals surface area contributed by atoms with Gasteiger partial charge in [-0.3, -0.25) is 9.78 Å². The summed E-state index contributed by atoms with van der Waals surface area (Å²) in [6.45, 7) is 3.46. The summed E-state index contributed by atoms with van der Waals surface area (Å²) in [4.78, 5) is 25.6. The third-order valence-corrected chi connectivity index (χ3v) is 3.33. The number of aromatic carboxylic acids is 1. The second kappa shape index (κ2) is 5.48. The number of carboxylic acids is 1. The number of H-pyrrole nitrogens is 1. The lowest BCUT2D eigenvalue weighted by Gasteiger charge is -2.02. The van der Waals surface area contributed by atoms with E-state index in [2.05, 4.69) is 20.3 Å². The molecule has 3 rings (SSSR count). The first-order chi connectivity index (χ1) is 11.0. The van der Waals surface area contributed by atoms with E-state index >= 15 is 0 Å². The minimum Gasteiger partial charge on any atom is -0.477 e. The molecule has 0 saturated carbocycles. The molecule has 0 bridgehead atoms. The average molecular weight is 311 g/mol. The third-order valence-electron chi connectivity index (χ3n) is 3.33. The predicted octanol–water partition coefficient (Wildman–Crippen LogP) is 1.33. The number of rotatable bonds is 3. The van der Waals surface area contributed by atoms with Gasteiger partial charge in [0, 0.05) is 5.56 Å². The first-order valence-electron chi connectivity index (χ1n) is 6.80. The second-order valence-electron chi connectivity index (χ2n) is 5.06. The molecular formula is C15H13N5O3. The SMILES string of the molecule is Cc1ccc(-c2cc(C(=O)O)n(-c3nnc(C)c(=O)[nH]3)n2)cc1. The number of aromatic nitrogens is 5. The molecule has 2 aromatic heterocycles. The van der Waals surface area contributed by atoms with Gasteiger partial charge < -0.3 is 5.11 Å². The summed E-state index contributed by atoms with van der Waals surface area (Å²) in [7, 11) is 0. The van der Waals surface area contributed by atoms with Crippen LogP contribution in [0.15, 0.2) is 35.1 Å². The summed E-state index contributed by atoms with van der Waals surface area (Å²) < 4.78 is 1.06. The molecule has 2 heterocycles. The topological polar surface area (TPSA) is 114 Å². The lowest BCUT2D eigenvalue weighted by molar-refractivity contribution is 0.0686. The summed E-state index contributed by atoms with van der Waals surface area (Å²) in [5.74, 6) is -1.23. The molecule has 3 aromatic rings. The summed E-state index contributed by atoms with van der Waals surface area (Å²) in [6.07, 6.45) is 0. The maximum atomic E-state index is 11.7. The molecule has 116 valence electrons. The zero-order valence-corrected chi connectivity index (χ0v) is 12.4. The Morgan fingerprint density at radius 1 is 1.17 bits per heavy atom. The van der Waals surface area contributed by atoms with Gasteiger partial charge in [0.1, 0.15) is 5.69 Å². The van der Waals surface area contributed by atoms with Crippen molar-refractivity contribution >= 4 is 5.97 Å². The molecule has 1 aromatic carbocycles. The lowest BCUT2D eigenvalue weighted by Crippen LogP contribution is -2.20. The van der Waals surface area contributed by atoms with Crippen molar-refractivity contribution in [3.8, 4) is 17.2 Å². The zero-order valence-electron chi connectivity index (χ0n) is 12.4. The van der Waals surface area contributed by atoms with Crippen LogP contribution >= 0.6 is 0 Å². The molecule has 0 spiro atoms. The Bertz CT molecular complexity index is 940. The highest BCUT2D eigenvalue weighted by Gasteiger charge is 2.18. The largest absolute Gasteiger partial charge is 0.477 e. The Morgan fingerprint density at radius 2 is 1.87 bits per heavy atom. The van der Waals surface area contributed by atoms with Crippen molar-refractivity contribution < 1.29 is 9.90 Å². The summed E-state index contributed by atoms with van der Waals surface area (Å²) >= 11 is 0. The minimum absolute atomic E-state index is 0.0450. The van der Waals surface area contributed by atoms with Gasteiger partial charge in [0.15, 0.2) is 5.69 Å². The first kappa shape index (κ1) is 14.6. The zero-order chi connectivity index (χ0) is 16.6. The van der Waals surface area contributed by atoms with Gasteiger partial charge in [0.25, 0.3) is 11.5 Å². The number of nitrogens with one attached hydrogen (secondary N) is 1. The number of aromatic amines is 1. The molecule has 0 radical (unpaired) electrons. The molecule has 8 heteroatoms. The van der Waals surface area contributed by atoms with Crippen LogP contribution in [0, 0.1) is 13.8 Å². The molecule has 0 aliphatic heterocycles. The summed E-state index contributed by atoms with van der Waals surface area (Å²) in [5.41, 5.74) is 1.94. The number of aryl methyl sites for hydroxylation is 2. The highest BCUT2D eigenvalue weighted by atomic mass is 16.4. The van der Waals surface area contributed by atoms with E-state index in [1.165, 1.54) is 13.0 Å². The summed E-state index contributed by atoms with van der Waals surface area (Å²) in [6, 6.07) is 8.92. The Labute approximate surface area is 130 Å². The quantitative estimate of drug-likeness (QED) is 0.754. The van der Waals surface area contributed by atoms with Gasteiger partial charge in [0.2, 0.25) is 0 Å². The van der Waals surface area contributed by atoms with Gasteiger partial charge in [-0.15, -0.1) is 10.2 Å². The fraction of sp³-hybridized carbons (Fsp3) is 0.133. The van der Waals surface area contributed by atoms with E-state index in [0.717, 1.165) is 15.8 Å². The molecular weight excluding hydrogens is 298 g/mol. The standard InChI is InChI=1S/C15H13N5O3/c1-8-3-5-10(6-4-8)11-7-12(14(22)23)20(19-11)15-16-13(21)9(2)17-18-15/h3-7H,1-2H3,(H,22,23)(H,16,18,21). The average Bonchev–Trinajstić information content (AvgIpc) is 2.96. The number of carboxylic acid groups (broad SMARTS) is 1. The van der Waals surface area contributed by atoms with Gasteiger partial charge in [0.05, 0.1) is 5.69 Å². The van der Waals surface area contributed by atoms with E-state index in [4.69, 9.17) is 0 Å². The number of nitrogens with zero attached hydrogens (tertiary/aromatic N) is 4. The fourth-order valence-corrected chi connectivity index (χ4v) is 2.04. The minimum atomic E-state index is -1.18. The number of carbonyl (C=O) groups is 1. The van der Waals surface area contributed by atoms with Crippen molar-refractivity contribution in [1.29, 1.82) is 0 Å². The molecule has 0 aliphatic carbocycles. The molecule has 0 fully saturated rings. The van der Waals surface area contributed by atoms with Crippen LogP contribution in [0.5, 0.6) is 0 Å². The van der Waals surface area contributed by atoms with E-state index in [0.29, 0.717) is 5.69 Å². The normalized spacial score (nSPS) is 10.7. The van der Waals surface area contributed by atoms with Crippen LogP contribution in [0.25, 0.3) is 17.2 Å². The van der Waals surface area contributed by atoms with E-state index in [1.807, 2.05) is 31.2 Å². The number of hydrogen-bond acceptors (Lipinski definition) is 5. The van der Waals surface area contributed by atoms with Crippen LogP contribution < -0.4 is 5.56 Å². The Balaban J connectivity index is 2.16. The van der Waals surface area contributed by atoms with Gasteiger partial charge in [-0.1, -0.05) is 29.8 Å². The van der Waals surface area contributed by atoms with Crippen LogP contribution in [0.2, 0.25) is 0 Å². The second-order valence-corrected chi connectivity index (χ2v) is 5.06. The lowest BCUT2D eigenvalue weighted by atomic mass is 10.1. The summed E-state index contributed by atoms with van der Waals surface area (Å²) in [5, 5.41) is 21.1. The Hall–Kier alpha value is -3.29. The van der Waals surface area contributed by atoms with Gasteiger partial charge in [-0.05, 0) is 19.9 Å². The Kier molecular flexibility index (Phi) is 3.49. The maximum absolute atomic E-state index is 11.7. The van der Waals surface area contributed by atoms with Crippen molar-refractivity contribution in [2.45, 2.75) is 13.8 Å². The first-order valence-corrected chi connectivity index (χ1v) is 6.80. The van der Waals surface area contributed by atoms with Crippen molar-refractivity contribution in [3.63, 3.8) is 0 Å². The van der Waals surface area contributed by atoms with Crippen LogP contribution in [0.4, 0.5) is 0 Å². The van der Waals surface area contributed by atoms with E-state index in [9.17, 15) is 14.7 Å². The van der Waals surface area contributed by atoms with Gasteiger partial charge in [-0.25, -0.2) is 4.79 Å².